The Morgan fingerprint density at radius 2 is 1.73 bits per heavy atom. The van der Waals surface area contributed by atoms with Gasteiger partial charge in [0.2, 0.25) is 0 Å². The van der Waals surface area contributed by atoms with Gasteiger partial charge in [-0.25, -0.2) is 9.78 Å². The number of carbonyl (C=O) groups excluding carboxylic acids is 1. The van der Waals surface area contributed by atoms with Crippen LogP contribution < -0.4 is 5.32 Å². The molecule has 2 heterocycles. The molecule has 0 fully saturated rings. The van der Waals surface area contributed by atoms with Crippen molar-refractivity contribution in [2.45, 2.75) is 13.0 Å². The molecule has 0 saturated heterocycles. The van der Waals surface area contributed by atoms with E-state index in [4.69, 9.17) is 5.11 Å². The monoisotopic (exact) mass is 351 g/mol. The minimum Gasteiger partial charge on any atom is -0.477 e. The van der Waals surface area contributed by atoms with Gasteiger partial charge in [-0.2, -0.15) is 0 Å². The van der Waals surface area contributed by atoms with Crippen molar-refractivity contribution in [1.82, 2.24) is 25.1 Å². The molecule has 8 heteroatoms. The van der Waals surface area contributed by atoms with Crippen LogP contribution in [0.15, 0.2) is 48.5 Å². The molecule has 1 aromatic carbocycles. The van der Waals surface area contributed by atoms with E-state index in [9.17, 15) is 9.59 Å². The second kappa shape index (κ2) is 7.14. The summed E-state index contributed by atoms with van der Waals surface area (Å²) >= 11 is 0. The molecule has 132 valence electrons. The van der Waals surface area contributed by atoms with Gasteiger partial charge < -0.3 is 15.0 Å². The zero-order valence-corrected chi connectivity index (χ0v) is 14.2. The molecule has 0 aliphatic rings. The molecule has 8 nitrogen and oxygen atoms in total. The Balaban J connectivity index is 1.96. The van der Waals surface area contributed by atoms with Gasteiger partial charge in [0, 0.05) is 7.05 Å². The van der Waals surface area contributed by atoms with Crippen LogP contribution in [0.2, 0.25) is 0 Å². The number of carbonyl (C=O) groups is 2. The molecule has 3 rings (SSSR count). The molecule has 26 heavy (non-hydrogen) atoms. The fourth-order valence-electron chi connectivity index (χ4n) is 2.50. The first kappa shape index (κ1) is 17.3. The Kier molecular flexibility index (Phi) is 4.74. The molecule has 0 aliphatic carbocycles. The van der Waals surface area contributed by atoms with E-state index in [-0.39, 0.29) is 11.4 Å². The molecule has 0 radical (unpaired) electrons. The first-order valence-corrected chi connectivity index (χ1v) is 7.89. The van der Waals surface area contributed by atoms with E-state index >= 15 is 0 Å². The number of carboxylic acid groups (broad SMARTS) is 1. The minimum absolute atomic E-state index is 0.0183. The third-order valence-corrected chi connectivity index (χ3v) is 3.99. The van der Waals surface area contributed by atoms with Gasteiger partial charge in [-0.1, -0.05) is 36.4 Å². The smallest absolute Gasteiger partial charge is 0.354 e. The number of pyridine rings is 1. The highest BCUT2D eigenvalue weighted by molar-refractivity contribution is 5.94. The Bertz CT molecular complexity index is 952. The maximum absolute atomic E-state index is 12.7. The van der Waals surface area contributed by atoms with Gasteiger partial charge in [0.1, 0.15) is 23.3 Å². The lowest BCUT2D eigenvalue weighted by Crippen LogP contribution is -2.32. The van der Waals surface area contributed by atoms with Crippen molar-refractivity contribution < 1.29 is 14.7 Å². The van der Waals surface area contributed by atoms with Crippen LogP contribution in [0.4, 0.5) is 0 Å². The second-order valence-corrected chi connectivity index (χ2v) is 5.69. The van der Waals surface area contributed by atoms with Crippen LogP contribution in [0, 0.1) is 6.92 Å². The first-order chi connectivity index (χ1) is 12.5. The number of hydrogen-bond donors (Lipinski definition) is 2. The third-order valence-electron chi connectivity index (χ3n) is 3.99. The first-order valence-electron chi connectivity index (χ1n) is 7.89. The highest BCUT2D eigenvalue weighted by atomic mass is 16.4. The van der Waals surface area contributed by atoms with Crippen molar-refractivity contribution >= 4 is 11.9 Å². The van der Waals surface area contributed by atoms with Crippen molar-refractivity contribution in [2.75, 3.05) is 0 Å². The number of amides is 1. The summed E-state index contributed by atoms with van der Waals surface area (Å²) in [5.41, 5.74) is 0.652. The van der Waals surface area contributed by atoms with Gasteiger partial charge in [-0.15, -0.1) is 10.2 Å². The quantitative estimate of drug-likeness (QED) is 0.724. The zero-order valence-electron chi connectivity index (χ0n) is 14.2. The summed E-state index contributed by atoms with van der Waals surface area (Å²) in [6, 6.07) is 13.1. The fourth-order valence-corrected chi connectivity index (χ4v) is 2.50. The average Bonchev–Trinajstić information content (AvgIpc) is 2.99. The largest absolute Gasteiger partial charge is 0.477 e. The lowest BCUT2D eigenvalue weighted by molar-refractivity contribution is 0.0690. The average molecular weight is 351 g/mol. The summed E-state index contributed by atoms with van der Waals surface area (Å²) < 4.78 is 1.79. The zero-order chi connectivity index (χ0) is 18.7. The fraction of sp³-hybridized carbons (Fsp3) is 0.167. The van der Waals surface area contributed by atoms with E-state index in [1.165, 1.54) is 18.2 Å². The molecule has 1 atom stereocenters. The van der Waals surface area contributed by atoms with Crippen LogP contribution in [0.5, 0.6) is 0 Å². The number of hydrogen-bond acceptors (Lipinski definition) is 5. The summed E-state index contributed by atoms with van der Waals surface area (Å²) in [5, 5.41) is 20.1. The van der Waals surface area contributed by atoms with E-state index in [2.05, 4.69) is 20.5 Å². The van der Waals surface area contributed by atoms with Crippen LogP contribution in [0.3, 0.4) is 0 Å². The molecule has 2 N–H and O–H groups in total. The standard InChI is InChI=1S/C18H17N5O3/c1-11-21-22-16(23(11)2)15(12-7-4-3-5-8-12)20-17(24)13-9-6-10-14(19-13)18(25)26/h3-10,15H,1-2H3,(H,20,24)(H,25,26). The van der Waals surface area contributed by atoms with Gasteiger partial charge in [-0.05, 0) is 24.6 Å². The number of aryl methyl sites for hydroxylation is 1. The maximum atomic E-state index is 12.7. The van der Waals surface area contributed by atoms with Crippen molar-refractivity contribution in [3.05, 3.63) is 77.1 Å². The van der Waals surface area contributed by atoms with E-state index < -0.39 is 17.9 Å². The molecule has 0 spiro atoms. The molecule has 2 aromatic heterocycles. The van der Waals surface area contributed by atoms with Gasteiger partial charge in [0.25, 0.3) is 5.91 Å². The molecule has 0 saturated carbocycles. The summed E-state index contributed by atoms with van der Waals surface area (Å²) in [4.78, 5) is 27.6. The van der Waals surface area contributed by atoms with Crippen LogP contribution in [-0.2, 0) is 7.05 Å². The topological polar surface area (TPSA) is 110 Å². The van der Waals surface area contributed by atoms with E-state index in [1.807, 2.05) is 44.3 Å². The Morgan fingerprint density at radius 1 is 1.04 bits per heavy atom. The number of nitrogens with zero attached hydrogens (tertiary/aromatic N) is 4. The predicted octanol–water partition coefficient (Wildman–Crippen LogP) is 1.74. The van der Waals surface area contributed by atoms with Gasteiger partial charge in [-0.3, -0.25) is 4.79 Å². The Morgan fingerprint density at radius 3 is 2.35 bits per heavy atom. The van der Waals surface area contributed by atoms with Gasteiger partial charge in [0.15, 0.2) is 5.82 Å². The molecule has 3 aromatic rings. The molecule has 0 aliphatic heterocycles. The summed E-state index contributed by atoms with van der Waals surface area (Å²) in [6.45, 7) is 1.82. The van der Waals surface area contributed by atoms with Crippen LogP contribution in [0.25, 0.3) is 0 Å². The lowest BCUT2D eigenvalue weighted by atomic mass is 10.1. The van der Waals surface area contributed by atoms with Crippen molar-refractivity contribution in [3.8, 4) is 0 Å². The van der Waals surface area contributed by atoms with E-state index in [0.29, 0.717) is 11.6 Å². The molecule has 1 amide bonds. The van der Waals surface area contributed by atoms with Crippen LogP contribution in [-0.4, -0.2) is 36.7 Å². The van der Waals surface area contributed by atoms with Gasteiger partial charge in [0.05, 0.1) is 0 Å². The lowest BCUT2D eigenvalue weighted by Gasteiger charge is -2.18. The SMILES string of the molecule is Cc1nnc(C(NC(=O)c2cccc(C(=O)O)n2)c2ccccc2)n1C. The second-order valence-electron chi connectivity index (χ2n) is 5.69. The summed E-state index contributed by atoms with van der Waals surface area (Å²) in [5.74, 6) is -0.414. The van der Waals surface area contributed by atoms with Crippen molar-refractivity contribution in [2.24, 2.45) is 7.05 Å². The highest BCUT2D eigenvalue weighted by Gasteiger charge is 2.24. The Labute approximate surface area is 149 Å². The normalized spacial score (nSPS) is 11.8. The maximum Gasteiger partial charge on any atom is 0.354 e. The van der Waals surface area contributed by atoms with Crippen molar-refractivity contribution in [3.63, 3.8) is 0 Å². The highest BCUT2D eigenvalue weighted by Crippen LogP contribution is 2.21. The number of carboxylic acids is 1. The molecular weight excluding hydrogens is 334 g/mol. The predicted molar refractivity (Wildman–Crippen MR) is 92.7 cm³/mol. The minimum atomic E-state index is -1.19. The Hall–Kier alpha value is -3.55. The molecular formula is C18H17N5O3. The number of aromatic nitrogens is 4. The molecule has 0 bridgehead atoms. The van der Waals surface area contributed by atoms with Crippen LogP contribution in [0.1, 0.15) is 44.2 Å². The number of nitrogens with one attached hydrogen (secondary N) is 1. The van der Waals surface area contributed by atoms with Gasteiger partial charge >= 0.3 is 5.97 Å². The summed E-state index contributed by atoms with van der Waals surface area (Å²) in [7, 11) is 1.82. The third kappa shape index (κ3) is 3.44. The number of rotatable bonds is 5. The molecule has 1 unspecified atom stereocenters. The number of benzene rings is 1. The van der Waals surface area contributed by atoms with E-state index in [0.717, 1.165) is 5.56 Å². The number of aromatic carboxylic acids is 1. The summed E-state index contributed by atoms with van der Waals surface area (Å²) in [6.07, 6.45) is 0. The van der Waals surface area contributed by atoms with Crippen molar-refractivity contribution in [1.29, 1.82) is 0 Å². The van der Waals surface area contributed by atoms with Crippen LogP contribution >= 0.6 is 0 Å². The van der Waals surface area contributed by atoms with E-state index in [1.54, 1.807) is 4.57 Å².